The van der Waals surface area contributed by atoms with Crippen molar-refractivity contribution < 1.29 is 64.7 Å². The van der Waals surface area contributed by atoms with E-state index in [-0.39, 0.29) is 101 Å². The van der Waals surface area contributed by atoms with Gasteiger partial charge in [-0.2, -0.15) is 0 Å². The molecule has 4 aliphatic heterocycles. The van der Waals surface area contributed by atoms with Crippen molar-refractivity contribution in [2.45, 2.75) is 39.8 Å². The second-order valence-electron chi connectivity index (χ2n) is 21.9. The van der Waals surface area contributed by atoms with Crippen molar-refractivity contribution in [3.8, 4) is 0 Å². The van der Waals surface area contributed by atoms with Crippen LogP contribution < -0.4 is 0 Å². The summed E-state index contributed by atoms with van der Waals surface area (Å²) in [6.45, 7) is 6.43. The van der Waals surface area contributed by atoms with Gasteiger partial charge in [-0.25, -0.2) is 26.3 Å². The molecule has 0 N–H and O–H groups in total. The summed E-state index contributed by atoms with van der Waals surface area (Å²) in [6, 6.07) is 28.9. The number of benzene rings is 12. The van der Waals surface area contributed by atoms with E-state index in [9.17, 15) is 38.4 Å². The Morgan fingerprint density at radius 3 is 0.849 bits per heavy atom. The highest BCUT2D eigenvalue weighted by atomic mass is 19.1. The van der Waals surface area contributed by atoms with Gasteiger partial charge in [-0.15, -0.1) is 0 Å². The van der Waals surface area contributed by atoms with Crippen molar-refractivity contribution in [3.05, 3.63) is 212 Å². The van der Waals surface area contributed by atoms with E-state index < -0.39 is 116 Å². The molecule has 0 saturated carbocycles. The molecule has 0 aliphatic carbocycles. The Kier molecular flexibility index (Phi) is 10.9. The van der Waals surface area contributed by atoms with Crippen molar-refractivity contribution in [3.63, 3.8) is 0 Å². The van der Waals surface area contributed by atoms with Crippen LogP contribution in [0.2, 0.25) is 0 Å². The van der Waals surface area contributed by atoms with Gasteiger partial charge in [-0.05, 0) is 104 Å². The van der Waals surface area contributed by atoms with Crippen molar-refractivity contribution in [2.75, 3.05) is 13.1 Å². The van der Waals surface area contributed by atoms with E-state index in [2.05, 4.69) is 0 Å². The maximum atomic E-state index is 16.5. The minimum Gasteiger partial charge on any atom is -0.275 e. The van der Waals surface area contributed by atoms with Gasteiger partial charge in [0.15, 0.2) is 0 Å². The molecule has 0 aromatic heterocycles. The van der Waals surface area contributed by atoms with Gasteiger partial charge in [0.05, 0.1) is 45.5 Å². The summed E-state index contributed by atoms with van der Waals surface area (Å²) in [5, 5.41) is -1.01. The van der Waals surface area contributed by atoms with E-state index in [1.54, 1.807) is 62.4 Å². The Balaban J connectivity index is 0.000000149. The third-order valence-corrected chi connectivity index (χ3v) is 17.8. The summed E-state index contributed by atoms with van der Waals surface area (Å²) in [5.74, 6) is -11.6. The number of hydrogen-bond donors (Lipinski definition) is 0. The van der Waals surface area contributed by atoms with E-state index in [1.807, 2.05) is 36.4 Å². The third-order valence-electron chi connectivity index (χ3n) is 17.8. The van der Waals surface area contributed by atoms with Crippen LogP contribution in [0.25, 0.3) is 86.2 Å². The van der Waals surface area contributed by atoms with Gasteiger partial charge < -0.3 is 0 Å². The van der Waals surface area contributed by atoms with Crippen LogP contribution in [0.3, 0.4) is 0 Å². The number of rotatable bonds is 6. The Labute approximate surface area is 480 Å². The number of carbonyl (C=O) groups is 8. The number of carbonyl (C=O) groups excluding carboxylic acids is 8. The first kappa shape index (κ1) is 52.2. The maximum Gasteiger partial charge on any atom is 0.262 e. The number of fused-ring (bicyclic) bond motifs is 4. The van der Waals surface area contributed by atoms with E-state index in [4.69, 9.17) is 0 Å². The molecule has 8 amide bonds. The predicted octanol–water partition coefficient (Wildman–Crippen LogP) is 14.3. The zero-order valence-corrected chi connectivity index (χ0v) is 45.4. The lowest BCUT2D eigenvalue weighted by atomic mass is 9.81. The average molecular weight is 1150 g/mol. The summed E-state index contributed by atoms with van der Waals surface area (Å²) in [5.41, 5.74) is 0.962. The van der Waals surface area contributed by atoms with Gasteiger partial charge in [0.2, 0.25) is 0 Å². The fourth-order valence-electron chi connectivity index (χ4n) is 14.0. The number of imide groups is 4. The van der Waals surface area contributed by atoms with E-state index >= 15 is 26.3 Å². The lowest BCUT2D eigenvalue weighted by Crippen LogP contribution is -2.42. The largest absolute Gasteiger partial charge is 0.275 e. The molecule has 2 unspecified atom stereocenters. The first-order valence-electron chi connectivity index (χ1n) is 27.5. The number of nitrogens with zero attached hydrogens (tertiary/aromatic N) is 4. The van der Waals surface area contributed by atoms with Crippen LogP contribution in [0.15, 0.2) is 121 Å². The molecular formula is C68H38F6N4O8. The minimum atomic E-state index is -1.10. The zero-order chi connectivity index (χ0) is 60.1. The molecule has 12 nitrogen and oxygen atoms in total. The average Bonchev–Trinajstić information content (AvgIpc) is 0.691. The Morgan fingerprint density at radius 2 is 0.547 bits per heavy atom. The fraction of sp³-hybridized carbons (Fsp3) is 0.118. The highest BCUT2D eigenvalue weighted by molar-refractivity contribution is 6.43. The standard InChI is InChI=1S/C40H24F2N2O4.C28H14F4N2O4/c1-19(21-9-5-3-6-10-21)43-37(45)25-15-13-23-31-24(14-16-26(32(25)31)38(43)46)35-30(42)18-28-33-27(17-29(41)34(23)36(33)35)39(47)44(40(28)48)20(2)22-11-7-4-8-12-22;1-3-33-25(35)9-5-13(29)19-21-15(31)7-11-18-12(28(38)34(4-2)27(11)37)8-16(32)22(24(18)21)20-14(30)6-10(26(33)36)17(9)23(19)20/h3-20H,1-2H3;5-8H,3-4H2,1-2H3. The molecule has 12 aromatic carbocycles. The second-order valence-corrected chi connectivity index (χ2v) is 21.9. The molecule has 0 bridgehead atoms. The third kappa shape index (κ3) is 6.49. The molecular weight excluding hydrogens is 1110 g/mol. The highest BCUT2D eigenvalue weighted by Gasteiger charge is 2.43. The summed E-state index contributed by atoms with van der Waals surface area (Å²) >= 11 is 0. The zero-order valence-electron chi connectivity index (χ0n) is 45.4. The molecule has 0 fully saturated rings. The van der Waals surface area contributed by atoms with Crippen LogP contribution >= 0.6 is 0 Å². The molecule has 0 radical (unpaired) electrons. The molecule has 18 heteroatoms. The van der Waals surface area contributed by atoms with Crippen molar-refractivity contribution in [1.82, 2.24) is 19.6 Å². The maximum absolute atomic E-state index is 16.5. The van der Waals surface area contributed by atoms with Gasteiger partial charge in [-0.3, -0.25) is 58.0 Å². The minimum absolute atomic E-state index is 0.0193. The first-order chi connectivity index (χ1) is 41.3. The van der Waals surface area contributed by atoms with Crippen LogP contribution in [0.5, 0.6) is 0 Å². The van der Waals surface area contributed by atoms with Crippen LogP contribution in [-0.4, -0.2) is 79.9 Å². The van der Waals surface area contributed by atoms with Crippen molar-refractivity contribution in [1.29, 1.82) is 0 Å². The van der Waals surface area contributed by atoms with Crippen LogP contribution in [-0.2, 0) is 0 Å². The van der Waals surface area contributed by atoms with E-state index in [0.29, 0.717) is 27.1 Å². The summed E-state index contributed by atoms with van der Waals surface area (Å²) in [4.78, 5) is 112. The SMILES string of the molecule is CC(c1ccccc1)N1C(=O)c2ccc3c4c(F)cc5c6c(cc(F)c(c7ccc(c2c37)C1=O)c64)C(=O)N(C(C)c1ccccc1)C5=O.CCN1C(=O)c2cc(F)c3c4c(F)cc5c6c(cc(F)c(c7c(F)cc(c2c37)C1=O)c64)C(=O)N(CC)C5=O. The Hall–Kier alpha value is -10.6. The number of hydrogen-bond acceptors (Lipinski definition) is 8. The number of halogens is 6. The molecule has 420 valence electrons. The molecule has 12 aromatic rings. The smallest absolute Gasteiger partial charge is 0.262 e. The topological polar surface area (TPSA) is 150 Å². The van der Waals surface area contributed by atoms with E-state index in [0.717, 1.165) is 56.7 Å². The summed E-state index contributed by atoms with van der Waals surface area (Å²) < 4.78 is 96.4. The molecule has 2 atom stereocenters. The monoisotopic (exact) mass is 1150 g/mol. The van der Waals surface area contributed by atoms with Gasteiger partial charge >= 0.3 is 0 Å². The van der Waals surface area contributed by atoms with Gasteiger partial charge in [0, 0.05) is 94.2 Å². The van der Waals surface area contributed by atoms with Gasteiger partial charge in [-0.1, -0.05) is 72.8 Å². The number of amides is 8. The van der Waals surface area contributed by atoms with Crippen LogP contribution in [0, 0.1) is 34.9 Å². The van der Waals surface area contributed by atoms with Crippen molar-refractivity contribution in [2.24, 2.45) is 0 Å². The predicted molar refractivity (Wildman–Crippen MR) is 308 cm³/mol. The van der Waals surface area contributed by atoms with Gasteiger partial charge in [0.1, 0.15) is 34.9 Å². The van der Waals surface area contributed by atoms with Crippen LogP contribution in [0.4, 0.5) is 26.3 Å². The Bertz CT molecular complexity index is 4880. The lowest BCUT2D eigenvalue weighted by molar-refractivity contribution is 0.0533. The van der Waals surface area contributed by atoms with Crippen molar-refractivity contribution >= 4 is 133 Å². The molecule has 0 spiro atoms. The molecule has 16 rings (SSSR count). The summed E-state index contributed by atoms with van der Waals surface area (Å²) in [7, 11) is 0. The van der Waals surface area contributed by atoms with Crippen LogP contribution in [0.1, 0.15) is 134 Å². The quantitative estimate of drug-likeness (QED) is 0.0691. The van der Waals surface area contributed by atoms with E-state index in [1.165, 1.54) is 18.7 Å². The second kappa shape index (κ2) is 17.9. The molecule has 0 saturated heterocycles. The summed E-state index contributed by atoms with van der Waals surface area (Å²) in [6.07, 6.45) is 0. The fourth-order valence-corrected chi connectivity index (χ4v) is 14.0. The molecule has 86 heavy (non-hydrogen) atoms. The highest BCUT2D eigenvalue weighted by Crippen LogP contribution is 2.52. The van der Waals surface area contributed by atoms with Gasteiger partial charge in [0.25, 0.3) is 47.3 Å². The molecule has 4 aliphatic rings. The first-order valence-corrected chi connectivity index (χ1v) is 27.5. The Morgan fingerprint density at radius 1 is 0.291 bits per heavy atom. The molecule has 4 heterocycles. The lowest BCUT2D eigenvalue weighted by Gasteiger charge is -2.34. The normalized spacial score (nSPS) is 15.7.